The van der Waals surface area contributed by atoms with Crippen LogP contribution in [0.1, 0.15) is 30.5 Å². The molecule has 0 amide bonds. The van der Waals surface area contributed by atoms with Crippen LogP contribution in [0.2, 0.25) is 0 Å². The third-order valence-corrected chi connectivity index (χ3v) is 3.97. The van der Waals surface area contributed by atoms with E-state index in [1.165, 1.54) is 22.4 Å². The molecule has 2 aromatic rings. The average molecular weight is 282 g/mol. The average Bonchev–Trinajstić information content (AvgIpc) is 2.52. The van der Waals surface area contributed by atoms with Crippen LogP contribution in [0.3, 0.4) is 0 Å². The van der Waals surface area contributed by atoms with E-state index < -0.39 is 0 Å². The van der Waals surface area contributed by atoms with Gasteiger partial charge >= 0.3 is 0 Å². The molecule has 21 heavy (non-hydrogen) atoms. The minimum Gasteiger partial charge on any atom is -0.372 e. The summed E-state index contributed by atoms with van der Waals surface area (Å²) in [5.74, 6) is 0. The maximum absolute atomic E-state index is 3.52. The standard InChI is InChI=1S/C19H26N2/c1-4-21(5-2)19-12-10-17(11-13-19)14-20-15-18-9-7-6-8-16(18)3/h6-13,20H,4-5,14-15H2,1-3H3. The van der Waals surface area contributed by atoms with Crippen LogP contribution in [0, 0.1) is 6.92 Å². The van der Waals surface area contributed by atoms with Gasteiger partial charge in [-0.2, -0.15) is 0 Å². The fourth-order valence-corrected chi connectivity index (χ4v) is 2.56. The molecule has 0 aliphatic heterocycles. The molecule has 0 aromatic heterocycles. The van der Waals surface area contributed by atoms with Gasteiger partial charge in [-0.15, -0.1) is 0 Å². The molecule has 0 saturated carbocycles. The molecule has 0 fully saturated rings. The van der Waals surface area contributed by atoms with Crippen molar-refractivity contribution in [1.82, 2.24) is 5.32 Å². The van der Waals surface area contributed by atoms with Gasteiger partial charge in [-0.3, -0.25) is 0 Å². The molecule has 0 atom stereocenters. The van der Waals surface area contributed by atoms with Crippen molar-refractivity contribution >= 4 is 5.69 Å². The third-order valence-electron chi connectivity index (χ3n) is 3.97. The van der Waals surface area contributed by atoms with Gasteiger partial charge in [0.1, 0.15) is 0 Å². The number of benzene rings is 2. The van der Waals surface area contributed by atoms with E-state index in [9.17, 15) is 0 Å². The second-order valence-electron chi connectivity index (χ2n) is 5.37. The first-order valence-corrected chi connectivity index (χ1v) is 7.83. The van der Waals surface area contributed by atoms with Crippen LogP contribution < -0.4 is 10.2 Å². The lowest BCUT2D eigenvalue weighted by Crippen LogP contribution is -2.21. The van der Waals surface area contributed by atoms with E-state index in [0.717, 1.165) is 26.2 Å². The molecular formula is C19H26N2. The summed E-state index contributed by atoms with van der Waals surface area (Å²) < 4.78 is 0. The van der Waals surface area contributed by atoms with Crippen LogP contribution in [0.25, 0.3) is 0 Å². The van der Waals surface area contributed by atoms with Gasteiger partial charge in [0, 0.05) is 31.9 Å². The van der Waals surface area contributed by atoms with Crippen molar-refractivity contribution in [3.05, 3.63) is 65.2 Å². The summed E-state index contributed by atoms with van der Waals surface area (Å²) in [5, 5.41) is 3.52. The summed E-state index contributed by atoms with van der Waals surface area (Å²) in [6.07, 6.45) is 0. The van der Waals surface area contributed by atoms with Crippen molar-refractivity contribution in [2.24, 2.45) is 0 Å². The Morgan fingerprint density at radius 1 is 0.857 bits per heavy atom. The predicted octanol–water partition coefficient (Wildman–Crippen LogP) is 4.13. The zero-order valence-corrected chi connectivity index (χ0v) is 13.4. The van der Waals surface area contributed by atoms with E-state index in [0.29, 0.717) is 0 Å². The zero-order valence-electron chi connectivity index (χ0n) is 13.4. The Balaban J connectivity index is 1.88. The molecule has 0 bridgehead atoms. The van der Waals surface area contributed by atoms with Crippen LogP contribution in [0.5, 0.6) is 0 Å². The minimum atomic E-state index is 0.910. The lowest BCUT2D eigenvalue weighted by molar-refractivity contribution is 0.690. The van der Waals surface area contributed by atoms with Crippen molar-refractivity contribution in [3.8, 4) is 0 Å². The maximum atomic E-state index is 3.52. The van der Waals surface area contributed by atoms with Crippen LogP contribution in [-0.2, 0) is 13.1 Å². The second-order valence-corrected chi connectivity index (χ2v) is 5.37. The van der Waals surface area contributed by atoms with Gasteiger partial charge in [-0.1, -0.05) is 36.4 Å². The summed E-state index contributed by atoms with van der Waals surface area (Å²) in [6, 6.07) is 17.4. The summed E-state index contributed by atoms with van der Waals surface area (Å²) in [4.78, 5) is 2.37. The Bertz CT molecular complexity index is 542. The van der Waals surface area contributed by atoms with Gasteiger partial charge in [0.15, 0.2) is 0 Å². The van der Waals surface area contributed by atoms with Crippen molar-refractivity contribution in [3.63, 3.8) is 0 Å². The molecule has 0 spiro atoms. The third kappa shape index (κ3) is 4.33. The van der Waals surface area contributed by atoms with Crippen LogP contribution in [0.4, 0.5) is 5.69 Å². The van der Waals surface area contributed by atoms with E-state index in [1.807, 2.05) is 0 Å². The maximum Gasteiger partial charge on any atom is 0.0366 e. The highest BCUT2D eigenvalue weighted by Crippen LogP contribution is 2.15. The highest BCUT2D eigenvalue weighted by atomic mass is 15.1. The predicted molar refractivity (Wildman–Crippen MR) is 91.7 cm³/mol. The summed E-state index contributed by atoms with van der Waals surface area (Å²) in [5.41, 5.74) is 5.36. The normalized spacial score (nSPS) is 10.6. The molecule has 0 aliphatic rings. The molecular weight excluding hydrogens is 256 g/mol. The highest BCUT2D eigenvalue weighted by Gasteiger charge is 2.01. The molecule has 0 unspecified atom stereocenters. The Hall–Kier alpha value is -1.80. The first-order chi connectivity index (χ1) is 10.2. The molecule has 0 radical (unpaired) electrons. The number of nitrogens with zero attached hydrogens (tertiary/aromatic N) is 1. The lowest BCUT2D eigenvalue weighted by atomic mass is 10.1. The first-order valence-electron chi connectivity index (χ1n) is 7.83. The van der Waals surface area contributed by atoms with E-state index in [1.54, 1.807) is 0 Å². The number of nitrogens with one attached hydrogen (secondary N) is 1. The van der Waals surface area contributed by atoms with Crippen molar-refractivity contribution in [1.29, 1.82) is 0 Å². The fraction of sp³-hybridized carbons (Fsp3) is 0.368. The van der Waals surface area contributed by atoms with E-state index in [2.05, 4.69) is 79.5 Å². The lowest BCUT2D eigenvalue weighted by Gasteiger charge is -2.21. The molecule has 0 saturated heterocycles. The molecule has 0 aliphatic carbocycles. The van der Waals surface area contributed by atoms with E-state index in [4.69, 9.17) is 0 Å². The number of anilines is 1. The number of rotatable bonds is 7. The molecule has 2 heteroatoms. The Kier molecular flexibility index (Phi) is 5.82. The Morgan fingerprint density at radius 2 is 1.52 bits per heavy atom. The number of hydrogen-bond acceptors (Lipinski definition) is 2. The van der Waals surface area contributed by atoms with Crippen LogP contribution in [-0.4, -0.2) is 13.1 Å². The molecule has 2 rings (SSSR count). The first kappa shape index (κ1) is 15.6. The Labute approximate surface area is 128 Å². The van der Waals surface area contributed by atoms with Crippen molar-refractivity contribution in [2.75, 3.05) is 18.0 Å². The van der Waals surface area contributed by atoms with Gasteiger partial charge in [-0.25, -0.2) is 0 Å². The monoisotopic (exact) mass is 282 g/mol. The van der Waals surface area contributed by atoms with Gasteiger partial charge in [0.05, 0.1) is 0 Å². The molecule has 2 aromatic carbocycles. The fourth-order valence-electron chi connectivity index (χ4n) is 2.56. The summed E-state index contributed by atoms with van der Waals surface area (Å²) in [7, 11) is 0. The molecule has 2 nitrogen and oxygen atoms in total. The summed E-state index contributed by atoms with van der Waals surface area (Å²) in [6.45, 7) is 10.5. The van der Waals surface area contributed by atoms with Gasteiger partial charge in [-0.05, 0) is 49.6 Å². The molecule has 0 heterocycles. The number of aryl methyl sites for hydroxylation is 1. The van der Waals surface area contributed by atoms with E-state index >= 15 is 0 Å². The van der Waals surface area contributed by atoms with Crippen molar-refractivity contribution in [2.45, 2.75) is 33.9 Å². The topological polar surface area (TPSA) is 15.3 Å². The van der Waals surface area contributed by atoms with Gasteiger partial charge < -0.3 is 10.2 Å². The molecule has 112 valence electrons. The Morgan fingerprint density at radius 3 is 2.14 bits per heavy atom. The minimum absolute atomic E-state index is 0.910. The number of hydrogen-bond donors (Lipinski definition) is 1. The van der Waals surface area contributed by atoms with Gasteiger partial charge in [0.25, 0.3) is 0 Å². The highest BCUT2D eigenvalue weighted by molar-refractivity contribution is 5.47. The molecule has 1 N–H and O–H groups in total. The second kappa shape index (κ2) is 7.84. The van der Waals surface area contributed by atoms with E-state index in [-0.39, 0.29) is 0 Å². The largest absolute Gasteiger partial charge is 0.372 e. The van der Waals surface area contributed by atoms with Crippen LogP contribution in [0.15, 0.2) is 48.5 Å². The van der Waals surface area contributed by atoms with Gasteiger partial charge in [0.2, 0.25) is 0 Å². The zero-order chi connectivity index (χ0) is 15.1. The van der Waals surface area contributed by atoms with Crippen LogP contribution >= 0.6 is 0 Å². The smallest absolute Gasteiger partial charge is 0.0366 e. The quantitative estimate of drug-likeness (QED) is 0.821. The van der Waals surface area contributed by atoms with Crippen molar-refractivity contribution < 1.29 is 0 Å². The SMILES string of the molecule is CCN(CC)c1ccc(CNCc2ccccc2C)cc1. The summed E-state index contributed by atoms with van der Waals surface area (Å²) >= 11 is 0.